The number of hydrogen-bond acceptors (Lipinski definition) is 3. The molecule has 2 rings (SSSR count). The van der Waals surface area contributed by atoms with Gasteiger partial charge in [0.1, 0.15) is 0 Å². The Morgan fingerprint density at radius 1 is 1.30 bits per heavy atom. The third kappa shape index (κ3) is 7.31. The highest BCUT2D eigenvalue weighted by molar-refractivity contribution is 6.35. The Hall–Kier alpha value is -1.91. The minimum absolute atomic E-state index is 0.162. The molecule has 1 aliphatic rings. The Balaban J connectivity index is 1.76. The van der Waals surface area contributed by atoms with Crippen LogP contribution in [-0.4, -0.2) is 18.5 Å². The lowest BCUT2D eigenvalue weighted by molar-refractivity contribution is 0.0922. The molecule has 0 aliphatic heterocycles. The first kappa shape index (κ1) is 21.4. The van der Waals surface area contributed by atoms with Crippen LogP contribution in [0.15, 0.2) is 54.4 Å². The van der Waals surface area contributed by atoms with Gasteiger partial charge in [-0.25, -0.2) is 0 Å². The summed E-state index contributed by atoms with van der Waals surface area (Å²) in [4.78, 5) is 12.4. The molecule has 0 heterocycles. The fourth-order valence-electron chi connectivity index (χ4n) is 3.08. The van der Waals surface area contributed by atoms with Gasteiger partial charge in [-0.2, -0.15) is 0 Å². The van der Waals surface area contributed by atoms with Crippen molar-refractivity contribution in [3.05, 3.63) is 70.0 Å². The highest BCUT2D eigenvalue weighted by atomic mass is 35.5. The number of hydrogen-bond donors (Lipinski definition) is 3. The maximum atomic E-state index is 12.4. The topological polar surface area (TPSA) is 67.2 Å². The molecular weight excluding hydrogens is 381 g/mol. The summed E-state index contributed by atoms with van der Waals surface area (Å²) in [5, 5.41) is 7.25. The minimum atomic E-state index is -0.166. The van der Waals surface area contributed by atoms with Gasteiger partial charge in [0, 0.05) is 17.6 Å². The second-order valence-corrected chi connectivity index (χ2v) is 7.87. The van der Waals surface area contributed by atoms with E-state index in [-0.39, 0.29) is 11.9 Å². The number of benzene rings is 1. The van der Waals surface area contributed by atoms with E-state index in [1.54, 1.807) is 18.2 Å². The molecule has 0 spiro atoms. The zero-order chi connectivity index (χ0) is 19.8. The van der Waals surface area contributed by atoms with Gasteiger partial charge in [0.2, 0.25) is 0 Å². The van der Waals surface area contributed by atoms with Gasteiger partial charge in [0.25, 0.3) is 5.91 Å². The molecule has 1 fully saturated rings. The van der Waals surface area contributed by atoms with Gasteiger partial charge in [-0.15, -0.1) is 0 Å². The van der Waals surface area contributed by atoms with Gasteiger partial charge in [0.15, 0.2) is 0 Å². The van der Waals surface area contributed by atoms with E-state index < -0.39 is 0 Å². The molecule has 0 bridgehead atoms. The molecule has 0 unspecified atom stereocenters. The van der Waals surface area contributed by atoms with Crippen molar-refractivity contribution in [2.45, 2.75) is 38.6 Å². The summed E-state index contributed by atoms with van der Waals surface area (Å²) in [5.41, 5.74) is 7.36. The second-order valence-electron chi connectivity index (χ2n) is 7.02. The molecule has 1 aromatic carbocycles. The summed E-state index contributed by atoms with van der Waals surface area (Å²) in [6.07, 6.45) is 9.60. The monoisotopic (exact) mass is 407 g/mol. The molecule has 1 aromatic rings. The van der Waals surface area contributed by atoms with Gasteiger partial charge in [0.05, 0.1) is 16.4 Å². The van der Waals surface area contributed by atoms with Crippen LogP contribution < -0.4 is 16.4 Å². The minimum Gasteiger partial charge on any atom is -0.386 e. The van der Waals surface area contributed by atoms with Crippen LogP contribution in [0.25, 0.3) is 0 Å². The third-order valence-corrected chi connectivity index (χ3v) is 5.17. The van der Waals surface area contributed by atoms with Crippen molar-refractivity contribution < 1.29 is 4.79 Å². The van der Waals surface area contributed by atoms with E-state index in [1.807, 2.05) is 25.2 Å². The van der Waals surface area contributed by atoms with Crippen molar-refractivity contribution in [1.82, 2.24) is 10.6 Å². The molecular formula is C21H27Cl2N3O. The summed E-state index contributed by atoms with van der Waals surface area (Å²) in [6.45, 7) is 6.58. The van der Waals surface area contributed by atoms with Crippen molar-refractivity contribution >= 4 is 29.1 Å². The van der Waals surface area contributed by atoms with Crippen LogP contribution in [0.1, 0.15) is 43.0 Å². The number of rotatable bonds is 7. The van der Waals surface area contributed by atoms with Crippen molar-refractivity contribution in [3.63, 3.8) is 0 Å². The molecule has 6 heteroatoms. The van der Waals surface area contributed by atoms with Gasteiger partial charge in [-0.3, -0.25) is 4.79 Å². The molecule has 146 valence electrons. The second kappa shape index (κ2) is 10.4. The average molecular weight is 408 g/mol. The van der Waals surface area contributed by atoms with E-state index in [0.717, 1.165) is 37.8 Å². The van der Waals surface area contributed by atoms with Crippen LogP contribution in [0.2, 0.25) is 10.0 Å². The van der Waals surface area contributed by atoms with E-state index in [0.29, 0.717) is 27.3 Å². The number of amides is 1. The molecule has 4 N–H and O–H groups in total. The molecule has 27 heavy (non-hydrogen) atoms. The summed E-state index contributed by atoms with van der Waals surface area (Å²) in [6, 6.07) is 5.08. The predicted molar refractivity (Wildman–Crippen MR) is 114 cm³/mol. The molecule has 1 saturated carbocycles. The van der Waals surface area contributed by atoms with Crippen molar-refractivity contribution in [3.8, 4) is 0 Å². The Bertz CT molecular complexity index is 735. The average Bonchev–Trinajstić information content (AvgIpc) is 2.62. The fraction of sp³-hybridized carbons (Fsp3) is 0.381. The van der Waals surface area contributed by atoms with E-state index in [9.17, 15) is 4.79 Å². The highest BCUT2D eigenvalue weighted by Crippen LogP contribution is 2.25. The standard InChI is InChI=1S/C21H27Cl2N3O/c1-14(2)4-3-5-20(24)25-13-15-6-9-17(10-7-15)26-21(27)18-12-16(22)8-11-19(18)23/h3-5,8,11-12,15,17,25H,1,6-7,9-10,13,24H2,2H3,(H,26,27)/b4-3-,20-5+. The fourth-order valence-corrected chi connectivity index (χ4v) is 3.46. The van der Waals surface area contributed by atoms with Crippen molar-refractivity contribution in [2.24, 2.45) is 11.7 Å². The van der Waals surface area contributed by atoms with Crippen LogP contribution in [0, 0.1) is 5.92 Å². The molecule has 4 nitrogen and oxygen atoms in total. The smallest absolute Gasteiger partial charge is 0.253 e. The summed E-state index contributed by atoms with van der Waals surface area (Å²) in [7, 11) is 0. The van der Waals surface area contributed by atoms with Gasteiger partial charge >= 0.3 is 0 Å². The quantitative estimate of drug-likeness (QED) is 0.568. The molecule has 0 aromatic heterocycles. The molecule has 1 amide bonds. The van der Waals surface area contributed by atoms with E-state index >= 15 is 0 Å². The first-order valence-corrected chi connectivity index (χ1v) is 9.90. The Morgan fingerprint density at radius 3 is 2.67 bits per heavy atom. The number of nitrogens with two attached hydrogens (primary N) is 1. The lowest BCUT2D eigenvalue weighted by atomic mass is 9.86. The zero-order valence-electron chi connectivity index (χ0n) is 15.6. The predicted octanol–water partition coefficient (Wildman–Crippen LogP) is 4.80. The lowest BCUT2D eigenvalue weighted by Crippen LogP contribution is -2.39. The van der Waals surface area contributed by atoms with Crippen LogP contribution in [0.3, 0.4) is 0 Å². The maximum Gasteiger partial charge on any atom is 0.253 e. The SMILES string of the molecule is C=C(C)/C=C\C=C(/N)NCC1CCC(NC(=O)c2cc(Cl)ccc2Cl)CC1. The van der Waals surface area contributed by atoms with Crippen molar-refractivity contribution in [2.75, 3.05) is 6.54 Å². The Labute approximate surface area is 171 Å². The Morgan fingerprint density at radius 2 is 2.00 bits per heavy atom. The van der Waals surface area contributed by atoms with Crippen LogP contribution in [0.5, 0.6) is 0 Å². The first-order valence-electron chi connectivity index (χ1n) is 9.14. The lowest BCUT2D eigenvalue weighted by Gasteiger charge is -2.29. The van der Waals surface area contributed by atoms with E-state index in [1.165, 1.54) is 0 Å². The summed E-state index contributed by atoms with van der Waals surface area (Å²) < 4.78 is 0. The van der Waals surface area contributed by atoms with Gasteiger partial charge < -0.3 is 16.4 Å². The van der Waals surface area contributed by atoms with Crippen molar-refractivity contribution in [1.29, 1.82) is 0 Å². The maximum absolute atomic E-state index is 12.4. The normalized spacial score (nSPS) is 20.5. The van der Waals surface area contributed by atoms with Gasteiger partial charge in [-0.05, 0) is 62.8 Å². The van der Waals surface area contributed by atoms with E-state index in [4.69, 9.17) is 28.9 Å². The number of carbonyl (C=O) groups is 1. The summed E-state index contributed by atoms with van der Waals surface area (Å²) in [5.74, 6) is 1.03. The third-order valence-electron chi connectivity index (χ3n) is 4.61. The van der Waals surface area contributed by atoms with Crippen LogP contribution in [0.4, 0.5) is 0 Å². The molecule has 1 aliphatic carbocycles. The molecule has 0 saturated heterocycles. The Kier molecular flexibility index (Phi) is 8.26. The van der Waals surface area contributed by atoms with Gasteiger partial charge in [-0.1, -0.05) is 47.5 Å². The molecule has 0 atom stereocenters. The molecule has 0 radical (unpaired) electrons. The number of nitrogens with one attached hydrogen (secondary N) is 2. The first-order chi connectivity index (χ1) is 12.8. The highest BCUT2D eigenvalue weighted by Gasteiger charge is 2.23. The largest absolute Gasteiger partial charge is 0.386 e. The number of halogens is 2. The van der Waals surface area contributed by atoms with Crippen LogP contribution in [-0.2, 0) is 0 Å². The number of carbonyl (C=O) groups excluding carboxylic acids is 1. The van der Waals surface area contributed by atoms with E-state index in [2.05, 4.69) is 17.2 Å². The van der Waals surface area contributed by atoms with Crippen LogP contribution >= 0.6 is 23.2 Å². The summed E-state index contributed by atoms with van der Waals surface area (Å²) >= 11 is 12.1. The zero-order valence-corrected chi connectivity index (χ0v) is 17.1. The number of allylic oxidation sites excluding steroid dienone is 4.